The fraction of sp³-hybridized carbons (Fsp3) is 0.545. The Morgan fingerprint density at radius 2 is 2.07 bits per heavy atom. The van der Waals surface area contributed by atoms with Gasteiger partial charge in [0.2, 0.25) is 0 Å². The lowest BCUT2D eigenvalue weighted by atomic mass is 10.1. The van der Waals surface area contributed by atoms with Gasteiger partial charge in [-0.25, -0.2) is 0 Å². The predicted molar refractivity (Wildman–Crippen MR) is 56.4 cm³/mol. The first-order valence-corrected chi connectivity index (χ1v) is 4.92. The number of aromatic nitrogens is 1. The van der Waals surface area contributed by atoms with Crippen LogP contribution in [0.4, 0.5) is 0 Å². The van der Waals surface area contributed by atoms with Gasteiger partial charge in [-0.05, 0) is 31.9 Å². The van der Waals surface area contributed by atoms with Gasteiger partial charge in [-0.3, -0.25) is 4.79 Å². The predicted octanol–water partition coefficient (Wildman–Crippen LogP) is 1.37. The van der Waals surface area contributed by atoms with Crippen molar-refractivity contribution in [2.24, 2.45) is 0 Å². The Hall–Kier alpha value is -1.09. The molecule has 0 aromatic carbocycles. The molecule has 0 saturated carbocycles. The third-order valence-electron chi connectivity index (χ3n) is 2.44. The lowest BCUT2D eigenvalue weighted by Gasteiger charge is -2.12. The summed E-state index contributed by atoms with van der Waals surface area (Å²) in [6, 6.07) is 1.95. The van der Waals surface area contributed by atoms with Gasteiger partial charge in [-0.15, -0.1) is 0 Å². The maximum absolute atomic E-state index is 11.8. The number of aliphatic hydroxyl groups is 1. The normalized spacial score (nSPS) is 10.6. The largest absolute Gasteiger partial charge is 0.391 e. The fourth-order valence-corrected chi connectivity index (χ4v) is 1.66. The quantitative estimate of drug-likeness (QED) is 0.791. The van der Waals surface area contributed by atoms with Crippen LogP contribution in [0.5, 0.6) is 0 Å². The molecular weight excluding hydrogens is 178 g/mol. The van der Waals surface area contributed by atoms with E-state index >= 15 is 0 Å². The van der Waals surface area contributed by atoms with Crippen molar-refractivity contribution < 1.29 is 5.11 Å². The summed E-state index contributed by atoms with van der Waals surface area (Å²) in [5.41, 5.74) is 2.31. The molecule has 1 aromatic heterocycles. The molecule has 0 aliphatic carbocycles. The Morgan fingerprint density at radius 1 is 1.43 bits per heavy atom. The number of aryl methyl sites for hydroxylation is 2. The summed E-state index contributed by atoms with van der Waals surface area (Å²) >= 11 is 0. The first-order valence-electron chi connectivity index (χ1n) is 4.92. The monoisotopic (exact) mass is 195 g/mol. The average Bonchev–Trinajstić information content (AvgIpc) is 2.12. The average molecular weight is 195 g/mol. The molecule has 0 atom stereocenters. The smallest absolute Gasteiger partial charge is 0.256 e. The van der Waals surface area contributed by atoms with Crippen molar-refractivity contribution in [3.8, 4) is 0 Å². The molecule has 1 aromatic rings. The van der Waals surface area contributed by atoms with Gasteiger partial charge in [0.1, 0.15) is 0 Å². The Labute approximate surface area is 84.0 Å². The summed E-state index contributed by atoms with van der Waals surface area (Å²) in [5, 5.41) is 9.07. The van der Waals surface area contributed by atoms with Crippen LogP contribution in [-0.2, 0) is 13.2 Å². The standard InChI is InChI=1S/C11H17NO2/c1-4-5-12-9(3)6-8(2)10(7-13)11(12)14/h6,13H,4-5,7H2,1-3H3. The maximum atomic E-state index is 11.8. The van der Waals surface area contributed by atoms with Crippen LogP contribution in [0.2, 0.25) is 0 Å². The highest BCUT2D eigenvalue weighted by Crippen LogP contribution is 2.06. The van der Waals surface area contributed by atoms with Crippen LogP contribution in [0.15, 0.2) is 10.9 Å². The number of hydrogen-bond acceptors (Lipinski definition) is 2. The van der Waals surface area contributed by atoms with E-state index in [2.05, 4.69) is 0 Å². The van der Waals surface area contributed by atoms with E-state index < -0.39 is 0 Å². The molecule has 1 heterocycles. The summed E-state index contributed by atoms with van der Waals surface area (Å²) in [5.74, 6) is 0. The SMILES string of the molecule is CCCn1c(C)cc(C)c(CO)c1=O. The molecule has 0 saturated heterocycles. The number of aliphatic hydroxyl groups excluding tert-OH is 1. The van der Waals surface area contributed by atoms with Gasteiger partial charge in [0.05, 0.1) is 6.61 Å². The molecule has 3 nitrogen and oxygen atoms in total. The van der Waals surface area contributed by atoms with Crippen LogP contribution in [0.3, 0.4) is 0 Å². The Kier molecular flexibility index (Phi) is 3.47. The van der Waals surface area contributed by atoms with E-state index in [-0.39, 0.29) is 12.2 Å². The first kappa shape index (κ1) is 11.0. The molecule has 0 aliphatic heterocycles. The van der Waals surface area contributed by atoms with Gasteiger partial charge in [-0.1, -0.05) is 6.92 Å². The lowest BCUT2D eigenvalue weighted by molar-refractivity contribution is 0.278. The molecule has 0 radical (unpaired) electrons. The third kappa shape index (κ3) is 1.87. The van der Waals surface area contributed by atoms with Gasteiger partial charge in [0.15, 0.2) is 0 Å². The zero-order valence-electron chi connectivity index (χ0n) is 9.00. The van der Waals surface area contributed by atoms with E-state index in [1.165, 1.54) is 0 Å². The maximum Gasteiger partial charge on any atom is 0.256 e. The lowest BCUT2D eigenvalue weighted by Crippen LogP contribution is -2.26. The molecule has 78 valence electrons. The van der Waals surface area contributed by atoms with E-state index in [9.17, 15) is 4.79 Å². The molecular formula is C11H17NO2. The molecule has 1 N–H and O–H groups in total. The van der Waals surface area contributed by atoms with Crippen molar-refractivity contribution in [1.82, 2.24) is 4.57 Å². The van der Waals surface area contributed by atoms with E-state index in [1.54, 1.807) is 4.57 Å². The molecule has 0 amide bonds. The minimum Gasteiger partial charge on any atom is -0.391 e. The second-order valence-corrected chi connectivity index (χ2v) is 3.56. The number of nitrogens with zero attached hydrogens (tertiary/aromatic N) is 1. The van der Waals surface area contributed by atoms with Crippen LogP contribution in [0.1, 0.15) is 30.2 Å². The highest BCUT2D eigenvalue weighted by Gasteiger charge is 2.08. The summed E-state index contributed by atoms with van der Waals surface area (Å²) in [4.78, 5) is 11.8. The highest BCUT2D eigenvalue weighted by molar-refractivity contribution is 5.25. The van der Waals surface area contributed by atoms with E-state index in [0.717, 1.165) is 24.2 Å². The highest BCUT2D eigenvalue weighted by atomic mass is 16.3. The summed E-state index contributed by atoms with van der Waals surface area (Å²) < 4.78 is 1.72. The van der Waals surface area contributed by atoms with Crippen LogP contribution in [0, 0.1) is 13.8 Å². The second kappa shape index (κ2) is 4.42. The number of pyridine rings is 1. The zero-order valence-corrected chi connectivity index (χ0v) is 9.00. The molecule has 0 spiro atoms. The minimum absolute atomic E-state index is 0.0492. The number of rotatable bonds is 3. The summed E-state index contributed by atoms with van der Waals surface area (Å²) in [6.45, 7) is 6.36. The minimum atomic E-state index is -0.172. The summed E-state index contributed by atoms with van der Waals surface area (Å²) in [7, 11) is 0. The van der Waals surface area contributed by atoms with E-state index in [4.69, 9.17) is 5.11 Å². The third-order valence-corrected chi connectivity index (χ3v) is 2.44. The van der Waals surface area contributed by atoms with Crippen molar-refractivity contribution in [3.05, 3.63) is 33.2 Å². The van der Waals surface area contributed by atoms with Crippen molar-refractivity contribution in [1.29, 1.82) is 0 Å². The summed E-state index contributed by atoms with van der Waals surface area (Å²) in [6.07, 6.45) is 0.925. The zero-order chi connectivity index (χ0) is 10.7. The Morgan fingerprint density at radius 3 is 2.57 bits per heavy atom. The molecule has 0 fully saturated rings. The van der Waals surface area contributed by atoms with Crippen LogP contribution in [-0.4, -0.2) is 9.67 Å². The molecule has 0 bridgehead atoms. The molecule has 0 unspecified atom stereocenters. The van der Waals surface area contributed by atoms with Crippen molar-refractivity contribution in [2.75, 3.05) is 0 Å². The van der Waals surface area contributed by atoms with Gasteiger partial charge in [-0.2, -0.15) is 0 Å². The van der Waals surface area contributed by atoms with Crippen molar-refractivity contribution in [2.45, 2.75) is 40.3 Å². The van der Waals surface area contributed by atoms with E-state index in [0.29, 0.717) is 5.56 Å². The molecule has 14 heavy (non-hydrogen) atoms. The molecule has 3 heteroatoms. The van der Waals surface area contributed by atoms with Gasteiger partial charge in [0, 0.05) is 17.8 Å². The van der Waals surface area contributed by atoms with Gasteiger partial charge < -0.3 is 9.67 Å². The van der Waals surface area contributed by atoms with Crippen molar-refractivity contribution >= 4 is 0 Å². The Bertz CT molecular complexity index is 380. The second-order valence-electron chi connectivity index (χ2n) is 3.56. The van der Waals surface area contributed by atoms with Crippen molar-refractivity contribution in [3.63, 3.8) is 0 Å². The fourth-order valence-electron chi connectivity index (χ4n) is 1.66. The Balaban J connectivity index is 3.36. The van der Waals surface area contributed by atoms with Crippen LogP contribution in [0.25, 0.3) is 0 Å². The number of hydrogen-bond donors (Lipinski definition) is 1. The first-order chi connectivity index (χ1) is 6.61. The van der Waals surface area contributed by atoms with Crippen LogP contribution >= 0.6 is 0 Å². The topological polar surface area (TPSA) is 42.2 Å². The van der Waals surface area contributed by atoms with Crippen LogP contribution < -0.4 is 5.56 Å². The van der Waals surface area contributed by atoms with E-state index in [1.807, 2.05) is 26.8 Å². The molecule has 0 aliphatic rings. The van der Waals surface area contributed by atoms with Gasteiger partial charge >= 0.3 is 0 Å². The van der Waals surface area contributed by atoms with Gasteiger partial charge in [0.25, 0.3) is 5.56 Å². The molecule has 1 rings (SSSR count).